The van der Waals surface area contributed by atoms with E-state index in [0.717, 1.165) is 54.3 Å². The Hall–Kier alpha value is -2.34. The average molecular weight is 427 g/mol. The molecule has 0 saturated carbocycles. The van der Waals surface area contributed by atoms with Gasteiger partial charge in [-0.25, -0.2) is 0 Å². The number of benzene rings is 1. The third kappa shape index (κ3) is 5.85. The van der Waals surface area contributed by atoms with E-state index >= 15 is 0 Å². The van der Waals surface area contributed by atoms with Crippen molar-refractivity contribution in [1.82, 2.24) is 9.97 Å². The van der Waals surface area contributed by atoms with Gasteiger partial charge in [0.1, 0.15) is 5.82 Å². The minimum absolute atomic E-state index is 0.722. The van der Waals surface area contributed by atoms with Crippen molar-refractivity contribution in [3.63, 3.8) is 0 Å². The van der Waals surface area contributed by atoms with E-state index in [-0.39, 0.29) is 0 Å². The lowest BCUT2D eigenvalue weighted by Gasteiger charge is -2.25. The molecule has 2 aliphatic rings. The number of hydrogen-bond donors (Lipinski definition) is 1. The molecule has 3 heterocycles. The molecular weight excluding hydrogens is 396 g/mol. The van der Waals surface area contributed by atoms with Gasteiger partial charge in [0.15, 0.2) is 5.82 Å². The third-order valence-electron chi connectivity index (χ3n) is 5.78. The van der Waals surface area contributed by atoms with Crippen LogP contribution in [0.15, 0.2) is 35.4 Å². The van der Waals surface area contributed by atoms with E-state index in [4.69, 9.17) is 21.6 Å². The van der Waals surface area contributed by atoms with Crippen LogP contribution in [0.4, 0.5) is 17.6 Å². The number of hydrogen-bond acceptors (Lipinski definition) is 6. The fraction of sp³-hybridized carbons (Fsp3) is 0.522. The van der Waals surface area contributed by atoms with Crippen LogP contribution in [0.1, 0.15) is 56.9 Å². The zero-order valence-electron chi connectivity index (χ0n) is 17.6. The van der Waals surface area contributed by atoms with Crippen LogP contribution < -0.4 is 15.2 Å². The Morgan fingerprint density at radius 3 is 2.03 bits per heavy atom. The molecule has 6 nitrogen and oxygen atoms in total. The number of halogens is 1. The van der Waals surface area contributed by atoms with Gasteiger partial charge in [-0.1, -0.05) is 49.4 Å². The number of aromatic nitrogens is 2. The van der Waals surface area contributed by atoms with Crippen molar-refractivity contribution >= 4 is 35.4 Å². The molecule has 4 rings (SSSR count). The molecule has 1 aromatic carbocycles. The molecule has 160 valence electrons. The Morgan fingerprint density at radius 2 is 1.40 bits per heavy atom. The predicted octanol–water partition coefficient (Wildman–Crippen LogP) is 5.34. The van der Waals surface area contributed by atoms with Crippen LogP contribution in [-0.4, -0.2) is 42.4 Å². The third-order valence-corrected chi connectivity index (χ3v) is 6.03. The minimum Gasteiger partial charge on any atom is -0.356 e. The van der Waals surface area contributed by atoms with E-state index in [0.29, 0.717) is 0 Å². The molecule has 2 aromatic rings. The van der Waals surface area contributed by atoms with Gasteiger partial charge < -0.3 is 9.80 Å². The molecule has 0 bridgehead atoms. The number of nitrogens with zero attached hydrogens (tertiary/aromatic N) is 5. The molecule has 0 atom stereocenters. The first-order valence-corrected chi connectivity index (χ1v) is 11.6. The van der Waals surface area contributed by atoms with Crippen LogP contribution >= 0.6 is 11.6 Å². The highest BCUT2D eigenvalue weighted by molar-refractivity contribution is 6.30. The smallest absolute Gasteiger partial charge is 0.229 e. The largest absolute Gasteiger partial charge is 0.356 e. The van der Waals surface area contributed by atoms with Gasteiger partial charge in [0, 0.05) is 37.3 Å². The molecule has 0 aliphatic carbocycles. The summed E-state index contributed by atoms with van der Waals surface area (Å²) in [6, 6.07) is 9.65. The summed E-state index contributed by atoms with van der Waals surface area (Å²) in [6.45, 7) is 4.17. The summed E-state index contributed by atoms with van der Waals surface area (Å²) in [5.74, 6) is 2.58. The van der Waals surface area contributed by atoms with Gasteiger partial charge in [-0.15, -0.1) is 0 Å². The maximum absolute atomic E-state index is 5.96. The van der Waals surface area contributed by atoms with Crippen molar-refractivity contribution in [2.45, 2.75) is 51.4 Å². The van der Waals surface area contributed by atoms with Crippen molar-refractivity contribution in [1.29, 1.82) is 0 Å². The highest BCUT2D eigenvalue weighted by Gasteiger charge is 2.18. The Bertz CT molecular complexity index is 784. The topological polar surface area (TPSA) is 56.7 Å². The fourth-order valence-electron chi connectivity index (χ4n) is 4.07. The summed E-state index contributed by atoms with van der Waals surface area (Å²) in [6.07, 6.45) is 11.8. The lowest BCUT2D eigenvalue weighted by Crippen LogP contribution is -2.29. The second-order valence-electron chi connectivity index (χ2n) is 8.14. The second-order valence-corrected chi connectivity index (χ2v) is 8.57. The molecule has 0 amide bonds. The quantitative estimate of drug-likeness (QED) is 0.516. The Kier molecular flexibility index (Phi) is 7.40. The molecule has 2 saturated heterocycles. The van der Waals surface area contributed by atoms with E-state index in [9.17, 15) is 0 Å². The second kappa shape index (κ2) is 10.6. The van der Waals surface area contributed by atoms with Gasteiger partial charge in [0.2, 0.25) is 5.95 Å². The lowest BCUT2D eigenvalue weighted by molar-refractivity contribution is 0.726. The molecule has 2 fully saturated rings. The van der Waals surface area contributed by atoms with E-state index in [1.807, 2.05) is 30.3 Å². The molecular formula is C23H31ClN6. The Balaban J connectivity index is 1.56. The predicted molar refractivity (Wildman–Crippen MR) is 126 cm³/mol. The molecule has 30 heavy (non-hydrogen) atoms. The average Bonchev–Trinajstić information content (AvgIpc) is 3.21. The highest BCUT2D eigenvalue weighted by atomic mass is 35.5. The zero-order valence-corrected chi connectivity index (χ0v) is 18.3. The van der Waals surface area contributed by atoms with E-state index in [1.54, 1.807) is 6.21 Å². The summed E-state index contributed by atoms with van der Waals surface area (Å²) in [4.78, 5) is 14.5. The van der Waals surface area contributed by atoms with Gasteiger partial charge in [0.25, 0.3) is 0 Å². The zero-order chi connectivity index (χ0) is 20.6. The highest BCUT2D eigenvalue weighted by Crippen LogP contribution is 2.25. The lowest BCUT2D eigenvalue weighted by atomic mass is 10.2. The van der Waals surface area contributed by atoms with Crippen LogP contribution in [0.3, 0.4) is 0 Å². The molecule has 0 unspecified atom stereocenters. The molecule has 0 spiro atoms. The molecule has 1 aromatic heterocycles. The number of rotatable bonds is 5. The normalized spacial score (nSPS) is 18.3. The SMILES string of the molecule is Clc1ccc(C=NNc2cc(N3CCCCCC3)nc(N3CCCCCC3)n2)cc1. The first kappa shape index (κ1) is 20.9. The van der Waals surface area contributed by atoms with Crippen molar-refractivity contribution in [2.24, 2.45) is 5.10 Å². The first-order valence-electron chi connectivity index (χ1n) is 11.2. The van der Waals surface area contributed by atoms with E-state index in [1.165, 1.54) is 51.4 Å². The van der Waals surface area contributed by atoms with Crippen molar-refractivity contribution in [3.05, 3.63) is 40.9 Å². The Labute approximate surface area is 184 Å². The summed E-state index contributed by atoms with van der Waals surface area (Å²) in [5.41, 5.74) is 4.12. The first-order chi connectivity index (χ1) is 14.8. The van der Waals surface area contributed by atoms with Crippen LogP contribution in [-0.2, 0) is 0 Å². The molecule has 2 aliphatic heterocycles. The van der Waals surface area contributed by atoms with Crippen LogP contribution in [0.25, 0.3) is 0 Å². The minimum atomic E-state index is 0.722. The maximum Gasteiger partial charge on any atom is 0.229 e. The van der Waals surface area contributed by atoms with Gasteiger partial charge in [-0.2, -0.15) is 15.1 Å². The summed E-state index contributed by atoms with van der Waals surface area (Å²) in [5, 5.41) is 5.13. The summed E-state index contributed by atoms with van der Waals surface area (Å²) < 4.78 is 0. The van der Waals surface area contributed by atoms with E-state index < -0.39 is 0 Å². The fourth-order valence-corrected chi connectivity index (χ4v) is 4.20. The van der Waals surface area contributed by atoms with Gasteiger partial charge in [0.05, 0.1) is 6.21 Å². The Morgan fingerprint density at radius 1 is 0.800 bits per heavy atom. The summed E-state index contributed by atoms with van der Waals surface area (Å²) >= 11 is 5.96. The maximum atomic E-state index is 5.96. The van der Waals surface area contributed by atoms with Crippen LogP contribution in [0, 0.1) is 0 Å². The van der Waals surface area contributed by atoms with Crippen molar-refractivity contribution in [3.8, 4) is 0 Å². The van der Waals surface area contributed by atoms with Gasteiger partial charge in [-0.05, 0) is 43.4 Å². The standard InChI is InChI=1S/C23H31ClN6/c24-20-11-9-19(10-12-20)18-25-28-21-17-22(29-13-5-1-2-6-14-29)27-23(26-21)30-15-7-3-4-8-16-30/h9-12,17-18H,1-8,13-16H2,(H,26,27,28). The van der Waals surface area contributed by atoms with E-state index in [2.05, 4.69) is 20.3 Å². The summed E-state index contributed by atoms with van der Waals surface area (Å²) in [7, 11) is 0. The van der Waals surface area contributed by atoms with Crippen LogP contribution in [0.5, 0.6) is 0 Å². The van der Waals surface area contributed by atoms with Crippen LogP contribution in [0.2, 0.25) is 5.02 Å². The molecule has 1 N–H and O–H groups in total. The van der Waals surface area contributed by atoms with Crippen molar-refractivity contribution in [2.75, 3.05) is 41.4 Å². The monoisotopic (exact) mass is 426 g/mol. The number of anilines is 3. The van der Waals surface area contributed by atoms with Crippen molar-refractivity contribution < 1.29 is 0 Å². The van der Waals surface area contributed by atoms with Gasteiger partial charge >= 0.3 is 0 Å². The number of nitrogens with one attached hydrogen (secondary N) is 1. The molecule has 0 radical (unpaired) electrons. The molecule has 7 heteroatoms. The van der Waals surface area contributed by atoms with Gasteiger partial charge in [-0.3, -0.25) is 5.43 Å². The number of hydrazone groups is 1.